The monoisotopic (exact) mass is 317 g/mol. The van der Waals surface area contributed by atoms with Gasteiger partial charge in [0.15, 0.2) is 5.78 Å². The fourth-order valence-electron chi connectivity index (χ4n) is 2.16. The molecule has 1 atom stereocenters. The van der Waals surface area contributed by atoms with Crippen LogP contribution in [0.2, 0.25) is 10.0 Å². The van der Waals surface area contributed by atoms with E-state index < -0.39 is 0 Å². The van der Waals surface area contributed by atoms with E-state index in [0.29, 0.717) is 28.8 Å². The molecular weight excluding hydrogens is 297 g/mol. The number of ketones is 1. The molecule has 0 aliphatic carbocycles. The van der Waals surface area contributed by atoms with Gasteiger partial charge in [0.05, 0.1) is 17.7 Å². The molecule has 1 unspecified atom stereocenters. The maximum absolute atomic E-state index is 12.6. The van der Waals surface area contributed by atoms with Crippen LogP contribution in [0.25, 0.3) is 0 Å². The maximum atomic E-state index is 12.6. The number of carbonyl (C=O) groups excluding carboxylic acids is 1. The van der Waals surface area contributed by atoms with E-state index in [-0.39, 0.29) is 17.9 Å². The van der Waals surface area contributed by atoms with Crippen LogP contribution in [-0.2, 0) is 4.74 Å². The van der Waals surface area contributed by atoms with E-state index in [0.717, 1.165) is 0 Å². The molecule has 3 nitrogen and oxygen atoms in total. The van der Waals surface area contributed by atoms with Crippen molar-refractivity contribution in [3.05, 3.63) is 33.8 Å². The van der Waals surface area contributed by atoms with Gasteiger partial charge in [-0.2, -0.15) is 0 Å². The Hall–Kier alpha value is -0.610. The molecule has 1 aromatic rings. The zero-order chi connectivity index (χ0) is 15.3. The molecule has 0 saturated carbocycles. The van der Waals surface area contributed by atoms with Gasteiger partial charge in [-0.3, -0.25) is 9.69 Å². The Morgan fingerprint density at radius 3 is 2.45 bits per heavy atom. The molecule has 1 rings (SSSR count). The molecule has 0 spiro atoms. The lowest BCUT2D eigenvalue weighted by atomic mass is 10.0. The van der Waals surface area contributed by atoms with Crippen LogP contribution in [0.3, 0.4) is 0 Å². The molecule has 0 saturated heterocycles. The lowest BCUT2D eigenvalue weighted by Gasteiger charge is -2.31. The van der Waals surface area contributed by atoms with Crippen LogP contribution >= 0.6 is 23.2 Å². The van der Waals surface area contributed by atoms with Gasteiger partial charge >= 0.3 is 0 Å². The highest BCUT2D eigenvalue weighted by molar-refractivity contribution is 6.37. The molecule has 0 bridgehead atoms. The number of Topliss-reactive ketones (excluding diaryl/α,β-unsaturated/α-hetero) is 1. The molecule has 112 valence electrons. The molecule has 0 amide bonds. The topological polar surface area (TPSA) is 29.5 Å². The average Bonchev–Trinajstić information content (AvgIpc) is 2.37. The van der Waals surface area contributed by atoms with E-state index in [1.54, 1.807) is 25.3 Å². The summed E-state index contributed by atoms with van der Waals surface area (Å²) in [6.45, 7) is 7.30. The van der Waals surface area contributed by atoms with Crippen LogP contribution in [0, 0.1) is 0 Å². The van der Waals surface area contributed by atoms with E-state index >= 15 is 0 Å². The van der Waals surface area contributed by atoms with Gasteiger partial charge in [-0.1, -0.05) is 23.2 Å². The van der Waals surface area contributed by atoms with Gasteiger partial charge in [0.25, 0.3) is 0 Å². The van der Waals surface area contributed by atoms with Crippen molar-refractivity contribution in [1.82, 2.24) is 4.90 Å². The Bertz CT molecular complexity index is 463. The maximum Gasteiger partial charge on any atom is 0.181 e. The second-order valence-electron chi connectivity index (χ2n) is 4.99. The van der Waals surface area contributed by atoms with Crippen molar-refractivity contribution in [2.75, 3.05) is 20.3 Å². The first kappa shape index (κ1) is 17.4. The van der Waals surface area contributed by atoms with Gasteiger partial charge in [-0.25, -0.2) is 0 Å². The van der Waals surface area contributed by atoms with Gasteiger partial charge in [-0.05, 0) is 39.0 Å². The molecule has 0 N–H and O–H groups in total. The van der Waals surface area contributed by atoms with Gasteiger partial charge in [0, 0.05) is 30.3 Å². The normalized spacial score (nSPS) is 13.0. The number of hydrogen-bond acceptors (Lipinski definition) is 3. The standard InChI is InChI=1S/C15H21Cl2NO2/c1-10(2)18(7-8-20-4)11(3)15(19)13-6-5-12(16)9-14(13)17/h5-6,9-11H,7-8H2,1-4H3. The number of benzene rings is 1. The summed E-state index contributed by atoms with van der Waals surface area (Å²) >= 11 is 12.0. The van der Waals surface area contributed by atoms with Crippen LogP contribution < -0.4 is 0 Å². The largest absolute Gasteiger partial charge is 0.383 e. The molecule has 0 fully saturated rings. The van der Waals surface area contributed by atoms with Gasteiger partial charge < -0.3 is 4.74 Å². The summed E-state index contributed by atoms with van der Waals surface area (Å²) in [5.74, 6) is -0.00327. The minimum absolute atomic E-state index is 0.00327. The third-order valence-electron chi connectivity index (χ3n) is 3.29. The Labute approximate surface area is 130 Å². The predicted molar refractivity (Wildman–Crippen MR) is 84.0 cm³/mol. The smallest absolute Gasteiger partial charge is 0.181 e. The van der Waals surface area contributed by atoms with Crippen LogP contribution in [0.15, 0.2) is 18.2 Å². The van der Waals surface area contributed by atoms with Crippen molar-refractivity contribution >= 4 is 29.0 Å². The van der Waals surface area contributed by atoms with Crippen molar-refractivity contribution in [2.24, 2.45) is 0 Å². The highest BCUT2D eigenvalue weighted by atomic mass is 35.5. The molecule has 0 heterocycles. The third kappa shape index (κ3) is 4.45. The number of methoxy groups -OCH3 is 1. The second-order valence-corrected chi connectivity index (χ2v) is 5.83. The fraction of sp³-hybridized carbons (Fsp3) is 0.533. The third-order valence-corrected chi connectivity index (χ3v) is 3.84. The molecule has 20 heavy (non-hydrogen) atoms. The average molecular weight is 318 g/mol. The Balaban J connectivity index is 2.93. The summed E-state index contributed by atoms with van der Waals surface area (Å²) in [7, 11) is 1.65. The number of rotatable bonds is 7. The molecule has 0 radical (unpaired) electrons. The van der Waals surface area contributed by atoms with E-state index in [2.05, 4.69) is 18.7 Å². The van der Waals surface area contributed by atoms with Crippen molar-refractivity contribution in [1.29, 1.82) is 0 Å². The van der Waals surface area contributed by atoms with Crippen molar-refractivity contribution in [3.8, 4) is 0 Å². The van der Waals surface area contributed by atoms with Crippen molar-refractivity contribution in [3.63, 3.8) is 0 Å². The minimum atomic E-state index is -0.260. The molecule has 1 aromatic carbocycles. The summed E-state index contributed by atoms with van der Waals surface area (Å²) in [6, 6.07) is 4.94. The summed E-state index contributed by atoms with van der Waals surface area (Å²) < 4.78 is 5.10. The highest BCUT2D eigenvalue weighted by Crippen LogP contribution is 2.23. The van der Waals surface area contributed by atoms with Crippen LogP contribution in [-0.4, -0.2) is 43.0 Å². The summed E-state index contributed by atoms with van der Waals surface area (Å²) in [6.07, 6.45) is 0. The van der Waals surface area contributed by atoms with Crippen molar-refractivity contribution < 1.29 is 9.53 Å². The predicted octanol–water partition coefficient (Wildman–Crippen LogP) is 3.92. The quantitative estimate of drug-likeness (QED) is 0.714. The number of ether oxygens (including phenoxy) is 1. The van der Waals surface area contributed by atoms with Crippen LogP contribution in [0.5, 0.6) is 0 Å². The number of halogens is 2. The zero-order valence-corrected chi connectivity index (χ0v) is 13.8. The number of hydrogen-bond donors (Lipinski definition) is 0. The van der Waals surface area contributed by atoms with Gasteiger partial charge in [0.1, 0.15) is 0 Å². The van der Waals surface area contributed by atoms with Crippen molar-refractivity contribution in [2.45, 2.75) is 32.9 Å². The Kier molecular flexibility index (Phi) is 6.96. The molecular formula is C15H21Cl2NO2. The van der Waals surface area contributed by atoms with Gasteiger partial charge in [-0.15, -0.1) is 0 Å². The van der Waals surface area contributed by atoms with E-state index in [4.69, 9.17) is 27.9 Å². The summed E-state index contributed by atoms with van der Waals surface area (Å²) in [5.41, 5.74) is 0.506. The van der Waals surface area contributed by atoms with Gasteiger partial charge in [0.2, 0.25) is 0 Å². The zero-order valence-electron chi connectivity index (χ0n) is 12.3. The van der Waals surface area contributed by atoms with E-state index in [1.165, 1.54) is 0 Å². The lowest BCUT2D eigenvalue weighted by molar-refractivity contribution is 0.0698. The Morgan fingerprint density at radius 1 is 1.30 bits per heavy atom. The highest BCUT2D eigenvalue weighted by Gasteiger charge is 2.25. The second kappa shape index (κ2) is 7.99. The first-order valence-electron chi connectivity index (χ1n) is 6.62. The Morgan fingerprint density at radius 2 is 1.95 bits per heavy atom. The molecule has 0 aliphatic rings. The number of nitrogens with zero attached hydrogens (tertiary/aromatic N) is 1. The van der Waals surface area contributed by atoms with Crippen LogP contribution in [0.1, 0.15) is 31.1 Å². The fourth-order valence-corrected chi connectivity index (χ4v) is 2.66. The summed E-state index contributed by atoms with van der Waals surface area (Å²) in [5, 5.41) is 0.920. The first-order chi connectivity index (χ1) is 9.38. The molecule has 0 aliphatic heterocycles. The van der Waals surface area contributed by atoms with E-state index in [1.807, 2.05) is 6.92 Å². The summed E-state index contributed by atoms with van der Waals surface area (Å²) in [4.78, 5) is 14.7. The lowest BCUT2D eigenvalue weighted by Crippen LogP contribution is -2.45. The molecule has 0 aromatic heterocycles. The minimum Gasteiger partial charge on any atom is -0.383 e. The molecule has 5 heteroatoms. The first-order valence-corrected chi connectivity index (χ1v) is 7.38. The SMILES string of the molecule is COCCN(C(C)C)C(C)C(=O)c1ccc(Cl)cc1Cl. The van der Waals surface area contributed by atoms with E-state index in [9.17, 15) is 4.79 Å². The number of carbonyl (C=O) groups is 1. The van der Waals surface area contributed by atoms with Crippen LogP contribution in [0.4, 0.5) is 0 Å².